The molecular formula is C11H17FN2. The fourth-order valence-electron chi connectivity index (χ4n) is 1.29. The second kappa shape index (κ2) is 3.58. The van der Waals surface area contributed by atoms with Gasteiger partial charge in [-0.05, 0) is 17.0 Å². The Morgan fingerprint density at radius 1 is 1.29 bits per heavy atom. The van der Waals surface area contributed by atoms with E-state index in [1.165, 1.54) is 6.07 Å². The topological polar surface area (TPSA) is 52.0 Å². The Balaban J connectivity index is 3.14. The van der Waals surface area contributed by atoms with Gasteiger partial charge in [0.1, 0.15) is 5.82 Å². The molecule has 0 fully saturated rings. The largest absolute Gasteiger partial charge is 0.396 e. The minimum atomic E-state index is -0.401. The SMILES string of the molecule is CC(C)(C)C(N)c1cccc(F)c1N. The molecule has 0 aliphatic carbocycles. The molecule has 14 heavy (non-hydrogen) atoms. The average Bonchev–Trinajstić information content (AvgIpc) is 2.07. The minimum Gasteiger partial charge on any atom is -0.396 e. The van der Waals surface area contributed by atoms with Gasteiger partial charge in [0.25, 0.3) is 0 Å². The lowest BCUT2D eigenvalue weighted by Crippen LogP contribution is -2.27. The number of hydrogen-bond donors (Lipinski definition) is 2. The quantitative estimate of drug-likeness (QED) is 0.678. The molecule has 0 aromatic heterocycles. The van der Waals surface area contributed by atoms with Crippen LogP contribution in [0.2, 0.25) is 0 Å². The van der Waals surface area contributed by atoms with Crippen molar-refractivity contribution < 1.29 is 4.39 Å². The standard InChI is InChI=1S/C11H17FN2/c1-11(2,3)10(14)7-5-4-6-8(12)9(7)13/h4-6,10H,13-14H2,1-3H3. The molecule has 1 atom stereocenters. The lowest BCUT2D eigenvalue weighted by molar-refractivity contribution is 0.327. The fourth-order valence-corrected chi connectivity index (χ4v) is 1.29. The monoisotopic (exact) mass is 196 g/mol. The summed E-state index contributed by atoms with van der Waals surface area (Å²) >= 11 is 0. The van der Waals surface area contributed by atoms with Crippen molar-refractivity contribution in [3.8, 4) is 0 Å². The van der Waals surface area contributed by atoms with Crippen LogP contribution in [0.4, 0.5) is 10.1 Å². The second-order valence-electron chi connectivity index (χ2n) is 4.59. The molecular weight excluding hydrogens is 179 g/mol. The van der Waals surface area contributed by atoms with E-state index in [9.17, 15) is 4.39 Å². The smallest absolute Gasteiger partial charge is 0.146 e. The summed E-state index contributed by atoms with van der Waals surface area (Å²) in [5.41, 5.74) is 12.3. The maximum atomic E-state index is 13.1. The van der Waals surface area contributed by atoms with Crippen LogP contribution >= 0.6 is 0 Å². The molecule has 0 bridgehead atoms. The van der Waals surface area contributed by atoms with Gasteiger partial charge in [0.2, 0.25) is 0 Å². The van der Waals surface area contributed by atoms with Crippen molar-refractivity contribution in [1.29, 1.82) is 0 Å². The van der Waals surface area contributed by atoms with Crippen molar-refractivity contribution >= 4 is 5.69 Å². The molecule has 0 aliphatic rings. The highest BCUT2D eigenvalue weighted by Crippen LogP contribution is 2.33. The first-order chi connectivity index (χ1) is 6.34. The highest BCUT2D eigenvalue weighted by Gasteiger charge is 2.24. The summed E-state index contributed by atoms with van der Waals surface area (Å²) in [5.74, 6) is -0.401. The molecule has 0 saturated heterocycles. The van der Waals surface area contributed by atoms with Gasteiger partial charge in [-0.25, -0.2) is 4.39 Å². The van der Waals surface area contributed by atoms with E-state index < -0.39 is 5.82 Å². The molecule has 3 heteroatoms. The third kappa shape index (κ3) is 2.04. The maximum Gasteiger partial charge on any atom is 0.146 e. The lowest BCUT2D eigenvalue weighted by atomic mass is 9.82. The van der Waals surface area contributed by atoms with Crippen molar-refractivity contribution in [1.82, 2.24) is 0 Å². The van der Waals surface area contributed by atoms with Crippen LogP contribution in [0.25, 0.3) is 0 Å². The van der Waals surface area contributed by atoms with Gasteiger partial charge in [0.05, 0.1) is 5.69 Å². The highest BCUT2D eigenvalue weighted by molar-refractivity contribution is 5.49. The summed E-state index contributed by atoms with van der Waals surface area (Å²) in [6.07, 6.45) is 0. The summed E-state index contributed by atoms with van der Waals surface area (Å²) in [6, 6.07) is 4.49. The molecule has 4 N–H and O–H groups in total. The molecule has 1 rings (SSSR count). The normalized spacial score (nSPS) is 14.1. The Bertz CT molecular complexity index is 329. The number of nitrogen functional groups attached to an aromatic ring is 1. The Labute approximate surface area is 84.1 Å². The van der Waals surface area contributed by atoms with Crippen molar-refractivity contribution in [2.75, 3.05) is 5.73 Å². The van der Waals surface area contributed by atoms with Crippen molar-refractivity contribution in [3.63, 3.8) is 0 Å². The minimum absolute atomic E-state index is 0.123. The van der Waals surface area contributed by atoms with Crippen LogP contribution < -0.4 is 11.5 Å². The van der Waals surface area contributed by atoms with Crippen molar-refractivity contribution in [3.05, 3.63) is 29.6 Å². The van der Waals surface area contributed by atoms with E-state index in [-0.39, 0.29) is 17.1 Å². The third-order valence-corrected chi connectivity index (χ3v) is 2.35. The van der Waals surface area contributed by atoms with Gasteiger partial charge < -0.3 is 11.5 Å². The van der Waals surface area contributed by atoms with Gasteiger partial charge in [-0.2, -0.15) is 0 Å². The molecule has 78 valence electrons. The summed E-state index contributed by atoms with van der Waals surface area (Å²) in [6.45, 7) is 6.01. The lowest BCUT2D eigenvalue weighted by Gasteiger charge is -2.28. The van der Waals surface area contributed by atoms with E-state index in [4.69, 9.17) is 11.5 Å². The molecule has 0 aliphatic heterocycles. The predicted octanol–water partition coefficient (Wildman–Crippen LogP) is 2.45. The van der Waals surface area contributed by atoms with E-state index in [2.05, 4.69) is 0 Å². The van der Waals surface area contributed by atoms with Crippen LogP contribution in [-0.2, 0) is 0 Å². The van der Waals surface area contributed by atoms with E-state index in [1.54, 1.807) is 12.1 Å². The van der Waals surface area contributed by atoms with Gasteiger partial charge in [0.15, 0.2) is 0 Å². The van der Waals surface area contributed by atoms with Crippen molar-refractivity contribution in [2.45, 2.75) is 26.8 Å². The van der Waals surface area contributed by atoms with Crippen LogP contribution in [0.3, 0.4) is 0 Å². The Morgan fingerprint density at radius 3 is 2.36 bits per heavy atom. The zero-order chi connectivity index (χ0) is 10.9. The summed E-state index contributed by atoms with van der Waals surface area (Å²) < 4.78 is 13.1. The molecule has 1 unspecified atom stereocenters. The van der Waals surface area contributed by atoms with E-state index in [1.807, 2.05) is 20.8 Å². The van der Waals surface area contributed by atoms with Gasteiger partial charge >= 0.3 is 0 Å². The number of halogens is 1. The first kappa shape index (κ1) is 11.0. The third-order valence-electron chi connectivity index (χ3n) is 2.35. The number of benzene rings is 1. The summed E-state index contributed by atoms with van der Waals surface area (Å²) in [5, 5.41) is 0. The summed E-state index contributed by atoms with van der Waals surface area (Å²) in [7, 11) is 0. The van der Waals surface area contributed by atoms with Crippen LogP contribution in [0, 0.1) is 11.2 Å². The Kier molecular flexibility index (Phi) is 2.81. The van der Waals surface area contributed by atoms with Gasteiger partial charge in [-0.1, -0.05) is 32.9 Å². The molecule has 0 radical (unpaired) electrons. The zero-order valence-electron chi connectivity index (χ0n) is 8.84. The molecule has 1 aromatic rings. The fraction of sp³-hybridized carbons (Fsp3) is 0.455. The predicted molar refractivity (Wildman–Crippen MR) is 57.2 cm³/mol. The van der Waals surface area contributed by atoms with Crippen LogP contribution in [0.5, 0.6) is 0 Å². The number of hydrogen-bond acceptors (Lipinski definition) is 2. The van der Waals surface area contributed by atoms with Gasteiger partial charge in [0, 0.05) is 6.04 Å². The number of nitrogens with two attached hydrogens (primary N) is 2. The van der Waals surface area contributed by atoms with Crippen molar-refractivity contribution in [2.24, 2.45) is 11.1 Å². The van der Waals surface area contributed by atoms with Crippen LogP contribution in [-0.4, -0.2) is 0 Å². The highest BCUT2D eigenvalue weighted by atomic mass is 19.1. The van der Waals surface area contributed by atoms with Gasteiger partial charge in [-0.3, -0.25) is 0 Å². The first-order valence-corrected chi connectivity index (χ1v) is 4.63. The molecule has 0 amide bonds. The van der Waals surface area contributed by atoms with E-state index >= 15 is 0 Å². The van der Waals surface area contributed by atoms with Crippen LogP contribution in [0.1, 0.15) is 32.4 Å². The summed E-state index contributed by atoms with van der Waals surface area (Å²) in [4.78, 5) is 0. The molecule has 0 heterocycles. The van der Waals surface area contributed by atoms with Crippen LogP contribution in [0.15, 0.2) is 18.2 Å². The molecule has 0 saturated carbocycles. The number of anilines is 1. The Morgan fingerprint density at radius 2 is 1.86 bits per heavy atom. The molecule has 1 aromatic carbocycles. The first-order valence-electron chi connectivity index (χ1n) is 4.63. The number of para-hydroxylation sites is 1. The average molecular weight is 196 g/mol. The molecule has 2 nitrogen and oxygen atoms in total. The Hall–Kier alpha value is -1.09. The number of rotatable bonds is 1. The second-order valence-corrected chi connectivity index (χ2v) is 4.59. The molecule has 0 spiro atoms. The van der Waals surface area contributed by atoms with E-state index in [0.29, 0.717) is 5.56 Å². The van der Waals surface area contributed by atoms with E-state index in [0.717, 1.165) is 0 Å². The zero-order valence-corrected chi connectivity index (χ0v) is 8.84. The van der Waals surface area contributed by atoms with Gasteiger partial charge in [-0.15, -0.1) is 0 Å². The maximum absolute atomic E-state index is 13.1.